The lowest BCUT2D eigenvalue weighted by atomic mass is 10.1. The Bertz CT molecular complexity index is 795. The van der Waals surface area contributed by atoms with E-state index in [9.17, 15) is 12.8 Å². The average Bonchev–Trinajstić information content (AvgIpc) is 2.85. The molecule has 1 unspecified atom stereocenters. The Morgan fingerprint density at radius 2 is 2.00 bits per heavy atom. The molecule has 1 atom stereocenters. The summed E-state index contributed by atoms with van der Waals surface area (Å²) in [5.74, 6) is 0.0353. The highest BCUT2D eigenvalue weighted by Gasteiger charge is 2.28. The van der Waals surface area contributed by atoms with E-state index in [4.69, 9.17) is 4.74 Å². The summed E-state index contributed by atoms with van der Waals surface area (Å²) < 4.78 is 46.3. The predicted molar refractivity (Wildman–Crippen MR) is 79.1 cm³/mol. The number of nitrogens with one attached hydrogen (secondary N) is 1. The Morgan fingerprint density at radius 3 is 2.76 bits per heavy atom. The maximum Gasteiger partial charge on any atom is 0.241 e. The molecule has 0 aliphatic carbocycles. The third-order valence-corrected chi connectivity index (χ3v) is 5.31. The summed E-state index contributed by atoms with van der Waals surface area (Å²) >= 11 is 3.00. The smallest absolute Gasteiger partial charge is 0.241 e. The molecule has 1 N–H and O–H groups in total. The summed E-state index contributed by atoms with van der Waals surface area (Å²) in [6.07, 6.45) is 0. The van der Waals surface area contributed by atoms with E-state index in [0.717, 1.165) is 11.6 Å². The highest BCUT2D eigenvalue weighted by molar-refractivity contribution is 9.10. The summed E-state index contributed by atoms with van der Waals surface area (Å²) in [6, 6.07) is 10.4. The van der Waals surface area contributed by atoms with Crippen molar-refractivity contribution in [2.45, 2.75) is 10.9 Å². The van der Waals surface area contributed by atoms with Gasteiger partial charge in [0.15, 0.2) is 0 Å². The lowest BCUT2D eigenvalue weighted by molar-refractivity contribution is 0.325. The minimum atomic E-state index is -3.82. The van der Waals surface area contributed by atoms with Crippen molar-refractivity contribution in [1.82, 2.24) is 4.72 Å². The predicted octanol–water partition coefficient (Wildman–Crippen LogP) is 3.00. The standard InChI is InChI=1S/C14H11BrFNO3S/c15-11-6-5-9(7-12(11)16)21(18,19)17-13-8-20-14-4-2-1-3-10(13)14/h1-7,13,17H,8H2. The van der Waals surface area contributed by atoms with Crippen molar-refractivity contribution >= 4 is 26.0 Å². The zero-order chi connectivity index (χ0) is 15.0. The van der Waals surface area contributed by atoms with E-state index in [2.05, 4.69) is 20.7 Å². The van der Waals surface area contributed by atoms with Crippen molar-refractivity contribution in [3.05, 3.63) is 58.3 Å². The number of halogens is 2. The van der Waals surface area contributed by atoms with Gasteiger partial charge in [0.25, 0.3) is 0 Å². The molecule has 0 saturated carbocycles. The van der Waals surface area contributed by atoms with Crippen molar-refractivity contribution in [3.8, 4) is 5.75 Å². The molecule has 0 fully saturated rings. The van der Waals surface area contributed by atoms with E-state index in [0.29, 0.717) is 5.75 Å². The van der Waals surface area contributed by atoms with E-state index in [-0.39, 0.29) is 16.0 Å². The Morgan fingerprint density at radius 1 is 1.24 bits per heavy atom. The summed E-state index contributed by atoms with van der Waals surface area (Å²) in [7, 11) is -3.82. The molecule has 0 saturated heterocycles. The van der Waals surface area contributed by atoms with Crippen LogP contribution in [0.4, 0.5) is 4.39 Å². The zero-order valence-electron chi connectivity index (χ0n) is 10.7. The summed E-state index contributed by atoms with van der Waals surface area (Å²) in [4.78, 5) is -0.118. The Kier molecular flexibility index (Phi) is 3.73. The number of fused-ring (bicyclic) bond motifs is 1. The fraction of sp³-hybridized carbons (Fsp3) is 0.143. The second-order valence-corrected chi connectivity index (χ2v) is 7.17. The van der Waals surface area contributed by atoms with Crippen LogP contribution in [0, 0.1) is 5.82 Å². The first-order valence-electron chi connectivity index (χ1n) is 6.16. The first-order valence-corrected chi connectivity index (χ1v) is 8.44. The van der Waals surface area contributed by atoms with Crippen LogP contribution in [0.3, 0.4) is 0 Å². The molecular formula is C14H11BrFNO3S. The zero-order valence-corrected chi connectivity index (χ0v) is 13.1. The molecule has 0 spiro atoms. The molecule has 7 heteroatoms. The average molecular weight is 372 g/mol. The number of hydrogen-bond acceptors (Lipinski definition) is 3. The van der Waals surface area contributed by atoms with Gasteiger partial charge in [-0.3, -0.25) is 0 Å². The van der Waals surface area contributed by atoms with Crippen LogP contribution >= 0.6 is 15.9 Å². The normalized spacial score (nSPS) is 17.3. The van der Waals surface area contributed by atoms with Gasteiger partial charge in [-0.2, -0.15) is 0 Å². The lowest BCUT2D eigenvalue weighted by Gasteiger charge is -2.12. The third-order valence-electron chi connectivity index (χ3n) is 3.20. The van der Waals surface area contributed by atoms with Crippen molar-refractivity contribution in [2.75, 3.05) is 6.61 Å². The fourth-order valence-corrected chi connectivity index (χ4v) is 3.62. The molecule has 1 aliphatic heterocycles. The SMILES string of the molecule is O=S(=O)(NC1COc2ccccc21)c1ccc(Br)c(F)c1. The molecule has 1 heterocycles. The molecule has 110 valence electrons. The second-order valence-electron chi connectivity index (χ2n) is 4.60. The molecule has 2 aromatic rings. The van der Waals surface area contributed by atoms with Gasteiger partial charge in [0.05, 0.1) is 15.4 Å². The maximum atomic E-state index is 13.5. The van der Waals surface area contributed by atoms with Crippen LogP contribution in [0.5, 0.6) is 5.75 Å². The molecule has 0 aromatic heterocycles. The van der Waals surface area contributed by atoms with Crippen molar-refractivity contribution in [1.29, 1.82) is 0 Å². The van der Waals surface area contributed by atoms with Gasteiger partial charge in [0.1, 0.15) is 18.2 Å². The molecule has 0 radical (unpaired) electrons. The molecule has 0 amide bonds. The number of hydrogen-bond donors (Lipinski definition) is 1. The molecule has 2 aromatic carbocycles. The van der Waals surface area contributed by atoms with Gasteiger partial charge >= 0.3 is 0 Å². The number of para-hydroxylation sites is 1. The highest BCUT2D eigenvalue weighted by Crippen LogP contribution is 2.32. The minimum Gasteiger partial charge on any atom is -0.491 e. The molecular weight excluding hydrogens is 361 g/mol. The topological polar surface area (TPSA) is 55.4 Å². The quantitative estimate of drug-likeness (QED) is 0.901. The first-order chi connectivity index (χ1) is 9.97. The van der Waals surface area contributed by atoms with E-state index >= 15 is 0 Å². The first kappa shape index (κ1) is 14.5. The number of ether oxygens (including phenoxy) is 1. The summed E-state index contributed by atoms with van der Waals surface area (Å²) in [6.45, 7) is 0.220. The maximum absolute atomic E-state index is 13.5. The van der Waals surface area contributed by atoms with Gasteiger partial charge in [-0.1, -0.05) is 18.2 Å². The molecule has 21 heavy (non-hydrogen) atoms. The number of sulfonamides is 1. The lowest BCUT2D eigenvalue weighted by Crippen LogP contribution is -2.29. The highest BCUT2D eigenvalue weighted by atomic mass is 79.9. The van der Waals surface area contributed by atoms with Crippen molar-refractivity contribution in [2.24, 2.45) is 0 Å². The van der Waals surface area contributed by atoms with E-state index in [1.165, 1.54) is 12.1 Å². The van der Waals surface area contributed by atoms with Crippen LogP contribution in [-0.2, 0) is 10.0 Å². The van der Waals surface area contributed by atoms with Crippen molar-refractivity contribution < 1.29 is 17.5 Å². The summed E-state index contributed by atoms with van der Waals surface area (Å²) in [5.41, 5.74) is 0.777. The summed E-state index contributed by atoms with van der Waals surface area (Å²) in [5, 5.41) is 0. The van der Waals surface area contributed by atoms with Gasteiger partial charge in [-0.05, 0) is 40.2 Å². The van der Waals surface area contributed by atoms with Crippen LogP contribution in [0.25, 0.3) is 0 Å². The largest absolute Gasteiger partial charge is 0.491 e. The van der Waals surface area contributed by atoms with Gasteiger partial charge in [0.2, 0.25) is 10.0 Å². The molecule has 0 bridgehead atoms. The van der Waals surface area contributed by atoms with E-state index in [1.54, 1.807) is 12.1 Å². The third kappa shape index (κ3) is 2.81. The van der Waals surface area contributed by atoms with Gasteiger partial charge in [-0.25, -0.2) is 17.5 Å². The van der Waals surface area contributed by atoms with Gasteiger partial charge < -0.3 is 4.74 Å². The van der Waals surface area contributed by atoms with Crippen LogP contribution in [0.1, 0.15) is 11.6 Å². The Hall–Kier alpha value is -1.44. The Balaban J connectivity index is 1.89. The number of benzene rings is 2. The minimum absolute atomic E-state index is 0.118. The monoisotopic (exact) mass is 371 g/mol. The van der Waals surface area contributed by atoms with Gasteiger partial charge in [0, 0.05) is 5.56 Å². The van der Waals surface area contributed by atoms with Crippen LogP contribution in [0.15, 0.2) is 51.8 Å². The molecule has 3 rings (SSSR count). The van der Waals surface area contributed by atoms with Crippen LogP contribution < -0.4 is 9.46 Å². The van der Waals surface area contributed by atoms with Crippen LogP contribution in [0.2, 0.25) is 0 Å². The van der Waals surface area contributed by atoms with Gasteiger partial charge in [-0.15, -0.1) is 0 Å². The van der Waals surface area contributed by atoms with E-state index < -0.39 is 21.9 Å². The van der Waals surface area contributed by atoms with E-state index in [1.807, 2.05) is 12.1 Å². The molecule has 1 aliphatic rings. The fourth-order valence-electron chi connectivity index (χ4n) is 2.16. The number of rotatable bonds is 3. The molecule has 4 nitrogen and oxygen atoms in total. The van der Waals surface area contributed by atoms with Crippen LogP contribution in [-0.4, -0.2) is 15.0 Å². The van der Waals surface area contributed by atoms with Crippen molar-refractivity contribution in [3.63, 3.8) is 0 Å². The second kappa shape index (κ2) is 5.40. The Labute approximate surface area is 130 Å².